The van der Waals surface area contributed by atoms with Crippen molar-refractivity contribution in [2.45, 2.75) is 19.3 Å². The summed E-state index contributed by atoms with van der Waals surface area (Å²) < 4.78 is 4.32. The third kappa shape index (κ3) is 0.679. The van der Waals surface area contributed by atoms with E-state index in [1.54, 1.807) is 0 Å². The molecule has 1 spiro atoms. The molecule has 0 amide bonds. The summed E-state index contributed by atoms with van der Waals surface area (Å²) >= 11 is 0. The van der Waals surface area contributed by atoms with Crippen molar-refractivity contribution >= 4 is 11.9 Å². The summed E-state index contributed by atoms with van der Waals surface area (Å²) in [6.45, 7) is 0. The predicted octanol–water partition coefficient (Wildman–Crippen LogP) is 0.796. The average molecular weight is 152 g/mol. The Balaban J connectivity index is 2.27. The molecular weight excluding hydrogens is 144 g/mol. The van der Waals surface area contributed by atoms with Crippen LogP contribution in [-0.2, 0) is 14.3 Å². The van der Waals surface area contributed by atoms with Gasteiger partial charge in [0, 0.05) is 0 Å². The number of esters is 2. The number of carbonyl (C=O) groups excluding carboxylic acids is 2. The van der Waals surface area contributed by atoms with Crippen molar-refractivity contribution in [3.8, 4) is 0 Å². The molecule has 1 saturated heterocycles. The zero-order valence-corrected chi connectivity index (χ0v) is 6.00. The topological polar surface area (TPSA) is 43.4 Å². The van der Waals surface area contributed by atoms with Crippen molar-refractivity contribution in [1.82, 2.24) is 0 Å². The first-order valence-corrected chi connectivity index (χ1v) is 3.67. The van der Waals surface area contributed by atoms with Crippen LogP contribution >= 0.6 is 0 Å². The van der Waals surface area contributed by atoms with Crippen LogP contribution in [0.5, 0.6) is 0 Å². The Hall–Kier alpha value is -1.12. The van der Waals surface area contributed by atoms with Gasteiger partial charge in [-0.2, -0.15) is 0 Å². The molecule has 1 aliphatic carbocycles. The molecule has 11 heavy (non-hydrogen) atoms. The van der Waals surface area contributed by atoms with Gasteiger partial charge in [-0.1, -0.05) is 12.2 Å². The number of ether oxygens (including phenoxy) is 1. The molecule has 0 bridgehead atoms. The molecule has 0 aromatic carbocycles. The smallest absolute Gasteiger partial charge is 0.331 e. The first kappa shape index (κ1) is 6.58. The van der Waals surface area contributed by atoms with E-state index in [0.29, 0.717) is 12.8 Å². The maximum absolute atomic E-state index is 10.9. The van der Waals surface area contributed by atoms with Gasteiger partial charge >= 0.3 is 11.9 Å². The summed E-state index contributed by atoms with van der Waals surface area (Å²) in [4.78, 5) is 21.9. The van der Waals surface area contributed by atoms with Gasteiger partial charge in [0.25, 0.3) is 0 Å². The molecule has 0 saturated carbocycles. The SMILES string of the molecule is O=C1OC(=O)C12CC=CCC2. The minimum atomic E-state index is -0.769. The number of allylic oxidation sites excluding steroid dienone is 2. The number of cyclic esters (lactones) is 2. The Morgan fingerprint density at radius 3 is 2.36 bits per heavy atom. The predicted molar refractivity (Wildman–Crippen MR) is 36.5 cm³/mol. The van der Waals surface area contributed by atoms with Crippen LogP contribution in [-0.4, -0.2) is 11.9 Å². The zero-order valence-electron chi connectivity index (χ0n) is 6.00. The molecule has 0 aromatic rings. The first-order valence-electron chi connectivity index (χ1n) is 3.67. The maximum Gasteiger partial charge on any atom is 0.331 e. The van der Waals surface area contributed by atoms with E-state index in [9.17, 15) is 9.59 Å². The van der Waals surface area contributed by atoms with Crippen molar-refractivity contribution in [2.24, 2.45) is 5.41 Å². The molecule has 0 radical (unpaired) electrons. The lowest BCUT2D eigenvalue weighted by molar-refractivity contribution is -0.197. The van der Waals surface area contributed by atoms with Crippen LogP contribution in [0.3, 0.4) is 0 Å². The van der Waals surface area contributed by atoms with Gasteiger partial charge in [0.15, 0.2) is 5.41 Å². The quantitative estimate of drug-likeness (QED) is 0.293. The summed E-state index contributed by atoms with van der Waals surface area (Å²) in [5, 5.41) is 0. The van der Waals surface area contributed by atoms with Crippen LogP contribution in [0.15, 0.2) is 12.2 Å². The number of rotatable bonds is 0. The monoisotopic (exact) mass is 152 g/mol. The van der Waals surface area contributed by atoms with Gasteiger partial charge < -0.3 is 4.74 Å². The highest BCUT2D eigenvalue weighted by Crippen LogP contribution is 2.41. The average Bonchev–Trinajstić information content (AvgIpc) is 2.07. The molecule has 0 unspecified atom stereocenters. The van der Waals surface area contributed by atoms with Crippen LogP contribution in [0, 0.1) is 5.41 Å². The molecule has 0 aromatic heterocycles. The lowest BCUT2D eigenvalue weighted by Crippen LogP contribution is -2.53. The van der Waals surface area contributed by atoms with Gasteiger partial charge in [0.1, 0.15) is 0 Å². The zero-order chi connectivity index (χ0) is 7.90. The third-order valence-corrected chi connectivity index (χ3v) is 2.34. The van der Waals surface area contributed by atoms with Crippen molar-refractivity contribution in [2.75, 3.05) is 0 Å². The normalized spacial score (nSPS) is 26.5. The number of hydrogen-bond acceptors (Lipinski definition) is 3. The summed E-state index contributed by atoms with van der Waals surface area (Å²) in [7, 11) is 0. The van der Waals surface area contributed by atoms with E-state index in [0.717, 1.165) is 6.42 Å². The van der Waals surface area contributed by atoms with Crippen LogP contribution in [0.1, 0.15) is 19.3 Å². The van der Waals surface area contributed by atoms with Crippen molar-refractivity contribution in [3.63, 3.8) is 0 Å². The second-order valence-electron chi connectivity index (χ2n) is 2.97. The summed E-state index contributed by atoms with van der Waals surface area (Å²) in [6, 6.07) is 0. The molecule has 0 atom stereocenters. The van der Waals surface area contributed by atoms with Gasteiger partial charge in [-0.25, -0.2) is 0 Å². The molecule has 2 rings (SSSR count). The molecule has 1 heterocycles. The Labute approximate surface area is 64.0 Å². The molecule has 2 aliphatic rings. The van der Waals surface area contributed by atoms with Crippen molar-refractivity contribution in [1.29, 1.82) is 0 Å². The van der Waals surface area contributed by atoms with E-state index < -0.39 is 5.41 Å². The molecule has 0 N–H and O–H groups in total. The largest absolute Gasteiger partial charge is 0.391 e. The molecule has 58 valence electrons. The molecule has 3 nitrogen and oxygen atoms in total. The fraction of sp³-hybridized carbons (Fsp3) is 0.500. The van der Waals surface area contributed by atoms with E-state index in [2.05, 4.69) is 4.74 Å². The Bertz CT molecular complexity index is 238. The van der Waals surface area contributed by atoms with E-state index >= 15 is 0 Å². The van der Waals surface area contributed by atoms with Crippen LogP contribution in [0.2, 0.25) is 0 Å². The number of hydrogen-bond donors (Lipinski definition) is 0. The number of carbonyl (C=O) groups is 2. The molecule has 3 heteroatoms. The Kier molecular flexibility index (Phi) is 1.16. The van der Waals surface area contributed by atoms with Gasteiger partial charge in [-0.15, -0.1) is 0 Å². The standard InChI is InChI=1S/C8H8O3/c9-6-8(7(10)11-6)4-2-1-3-5-8/h1-2H,3-5H2. The van der Waals surface area contributed by atoms with Gasteiger partial charge in [0.2, 0.25) is 0 Å². The lowest BCUT2D eigenvalue weighted by Gasteiger charge is -2.36. The highest BCUT2D eigenvalue weighted by Gasteiger charge is 2.57. The van der Waals surface area contributed by atoms with Crippen LogP contribution < -0.4 is 0 Å². The van der Waals surface area contributed by atoms with Gasteiger partial charge in [0.05, 0.1) is 0 Å². The Morgan fingerprint density at radius 2 is 2.00 bits per heavy atom. The van der Waals surface area contributed by atoms with Crippen molar-refractivity contribution < 1.29 is 14.3 Å². The fourth-order valence-electron chi connectivity index (χ4n) is 1.52. The minimum Gasteiger partial charge on any atom is -0.391 e. The summed E-state index contributed by atoms with van der Waals surface area (Å²) in [5.41, 5.74) is -0.769. The van der Waals surface area contributed by atoms with Gasteiger partial charge in [-0.05, 0) is 19.3 Å². The maximum atomic E-state index is 10.9. The Morgan fingerprint density at radius 1 is 1.27 bits per heavy atom. The molecular formula is C8H8O3. The van der Waals surface area contributed by atoms with E-state index in [1.807, 2.05) is 12.2 Å². The second kappa shape index (κ2) is 1.94. The van der Waals surface area contributed by atoms with Gasteiger partial charge in [-0.3, -0.25) is 9.59 Å². The minimum absolute atomic E-state index is 0.341. The third-order valence-electron chi connectivity index (χ3n) is 2.34. The van der Waals surface area contributed by atoms with E-state index in [-0.39, 0.29) is 11.9 Å². The van der Waals surface area contributed by atoms with E-state index in [1.165, 1.54) is 0 Å². The first-order chi connectivity index (χ1) is 5.26. The van der Waals surface area contributed by atoms with E-state index in [4.69, 9.17) is 0 Å². The van der Waals surface area contributed by atoms with Crippen LogP contribution in [0.4, 0.5) is 0 Å². The summed E-state index contributed by atoms with van der Waals surface area (Å²) in [6.07, 6.45) is 5.83. The lowest BCUT2D eigenvalue weighted by atomic mass is 9.74. The van der Waals surface area contributed by atoms with Crippen molar-refractivity contribution in [3.05, 3.63) is 12.2 Å². The highest BCUT2D eigenvalue weighted by atomic mass is 16.6. The fourth-order valence-corrected chi connectivity index (χ4v) is 1.52. The second-order valence-corrected chi connectivity index (χ2v) is 2.97. The molecule has 1 fully saturated rings. The summed E-state index contributed by atoms with van der Waals surface area (Å²) in [5.74, 6) is -0.682. The molecule has 1 aliphatic heterocycles. The van der Waals surface area contributed by atoms with Crippen LogP contribution in [0.25, 0.3) is 0 Å². The highest BCUT2D eigenvalue weighted by molar-refractivity contribution is 6.14.